The Kier molecular flexibility index (Phi) is 6.14. The molecule has 1 heterocycles. The first-order chi connectivity index (χ1) is 14.1. The van der Waals surface area contributed by atoms with E-state index >= 15 is 0 Å². The fourth-order valence-electron chi connectivity index (χ4n) is 2.95. The number of rotatable bonds is 6. The summed E-state index contributed by atoms with van der Waals surface area (Å²) in [5, 5.41) is 3.88. The molecule has 3 rings (SSSR count). The third kappa shape index (κ3) is 5.00. The van der Waals surface area contributed by atoms with Gasteiger partial charge in [-0.05, 0) is 49.7 Å². The fourth-order valence-corrected chi connectivity index (χ4v) is 2.95. The molecule has 0 fully saturated rings. The zero-order valence-corrected chi connectivity index (χ0v) is 16.8. The van der Waals surface area contributed by atoms with Gasteiger partial charge in [-0.2, -0.15) is 13.2 Å². The number of benzene rings is 2. The highest BCUT2D eigenvalue weighted by atomic mass is 19.4. The van der Waals surface area contributed by atoms with Crippen molar-refractivity contribution in [2.45, 2.75) is 33.2 Å². The Morgan fingerprint density at radius 1 is 1.13 bits per heavy atom. The van der Waals surface area contributed by atoms with E-state index in [0.29, 0.717) is 22.6 Å². The minimum absolute atomic E-state index is 0.182. The highest BCUT2D eigenvalue weighted by molar-refractivity contribution is 5.94. The van der Waals surface area contributed by atoms with Crippen LogP contribution >= 0.6 is 0 Å². The number of alkyl halides is 3. The van der Waals surface area contributed by atoms with E-state index in [1.54, 1.807) is 38.2 Å². The summed E-state index contributed by atoms with van der Waals surface area (Å²) in [6.07, 6.45) is -4.38. The Bertz CT molecular complexity index is 1010. The number of carbonyl (C=O) groups is 1. The van der Waals surface area contributed by atoms with Crippen molar-refractivity contribution >= 4 is 5.91 Å². The van der Waals surface area contributed by atoms with Gasteiger partial charge in [0.1, 0.15) is 18.1 Å². The van der Waals surface area contributed by atoms with Crippen LogP contribution in [0, 0.1) is 13.8 Å². The zero-order chi connectivity index (χ0) is 21.9. The summed E-state index contributed by atoms with van der Waals surface area (Å²) < 4.78 is 48.9. The molecule has 1 amide bonds. The lowest BCUT2D eigenvalue weighted by atomic mass is 10.1. The van der Waals surface area contributed by atoms with Gasteiger partial charge < -0.3 is 14.2 Å². The van der Waals surface area contributed by atoms with Gasteiger partial charge in [0.2, 0.25) is 0 Å². The maximum absolute atomic E-state index is 12.7. The molecule has 0 spiro atoms. The largest absolute Gasteiger partial charge is 0.489 e. The van der Waals surface area contributed by atoms with Crippen LogP contribution in [-0.4, -0.2) is 23.0 Å². The summed E-state index contributed by atoms with van der Waals surface area (Å²) in [6, 6.07) is 11.5. The minimum Gasteiger partial charge on any atom is -0.489 e. The topological polar surface area (TPSA) is 55.6 Å². The van der Waals surface area contributed by atoms with Crippen LogP contribution in [-0.2, 0) is 19.3 Å². The number of ether oxygens (including phenoxy) is 1. The number of hydrogen-bond acceptors (Lipinski definition) is 4. The number of aromatic nitrogens is 1. The van der Waals surface area contributed by atoms with Crippen molar-refractivity contribution in [2.24, 2.45) is 0 Å². The molecule has 0 saturated heterocycles. The molecule has 0 saturated carbocycles. The van der Waals surface area contributed by atoms with Crippen LogP contribution in [0.15, 0.2) is 53.1 Å². The summed E-state index contributed by atoms with van der Waals surface area (Å²) in [5.41, 5.74) is 1.90. The van der Waals surface area contributed by atoms with Crippen molar-refractivity contribution in [1.82, 2.24) is 10.1 Å². The summed E-state index contributed by atoms with van der Waals surface area (Å²) >= 11 is 0. The third-order valence-corrected chi connectivity index (χ3v) is 4.69. The standard InChI is InChI=1S/C22H21F3N2O3/c1-14-20(15(2)30-26-14)13-29-19-6-4-5-17(11-19)21(28)27(3)12-16-7-9-18(10-8-16)22(23,24)25/h4-11H,12-13H2,1-3H3. The van der Waals surface area contributed by atoms with Gasteiger partial charge in [-0.3, -0.25) is 4.79 Å². The second-order valence-electron chi connectivity index (χ2n) is 6.98. The van der Waals surface area contributed by atoms with Crippen LogP contribution in [0.4, 0.5) is 13.2 Å². The lowest BCUT2D eigenvalue weighted by molar-refractivity contribution is -0.137. The molecular formula is C22H21F3N2O3. The van der Waals surface area contributed by atoms with Crippen molar-refractivity contribution in [3.63, 3.8) is 0 Å². The number of aryl methyl sites for hydroxylation is 2. The van der Waals surface area contributed by atoms with Crippen LogP contribution in [0.2, 0.25) is 0 Å². The predicted molar refractivity (Wildman–Crippen MR) is 104 cm³/mol. The highest BCUT2D eigenvalue weighted by Gasteiger charge is 2.30. The molecule has 0 aliphatic heterocycles. The lowest BCUT2D eigenvalue weighted by Gasteiger charge is -2.18. The van der Waals surface area contributed by atoms with Crippen molar-refractivity contribution < 1.29 is 27.2 Å². The minimum atomic E-state index is -4.38. The molecule has 158 valence electrons. The van der Waals surface area contributed by atoms with Crippen molar-refractivity contribution in [2.75, 3.05) is 7.05 Å². The Morgan fingerprint density at radius 2 is 1.83 bits per heavy atom. The van der Waals surface area contributed by atoms with E-state index in [2.05, 4.69) is 5.16 Å². The quantitative estimate of drug-likeness (QED) is 0.555. The maximum atomic E-state index is 12.7. The first kappa shape index (κ1) is 21.4. The van der Waals surface area contributed by atoms with Crippen LogP contribution in [0.25, 0.3) is 0 Å². The molecule has 0 aliphatic carbocycles. The number of carbonyl (C=O) groups excluding carboxylic acids is 1. The molecule has 0 N–H and O–H groups in total. The summed E-state index contributed by atoms with van der Waals surface area (Å²) in [7, 11) is 1.59. The van der Waals surface area contributed by atoms with E-state index in [1.165, 1.54) is 17.0 Å². The molecular weight excluding hydrogens is 397 g/mol. The van der Waals surface area contributed by atoms with Crippen molar-refractivity contribution in [3.8, 4) is 5.75 Å². The van der Waals surface area contributed by atoms with E-state index in [9.17, 15) is 18.0 Å². The van der Waals surface area contributed by atoms with Gasteiger partial charge in [-0.1, -0.05) is 23.4 Å². The van der Waals surface area contributed by atoms with Gasteiger partial charge in [-0.25, -0.2) is 0 Å². The van der Waals surface area contributed by atoms with E-state index in [0.717, 1.165) is 23.4 Å². The number of nitrogens with zero attached hydrogens (tertiary/aromatic N) is 2. The SMILES string of the molecule is Cc1noc(C)c1COc1cccc(C(=O)N(C)Cc2ccc(C(F)(F)F)cc2)c1. The Hall–Kier alpha value is -3.29. The first-order valence-corrected chi connectivity index (χ1v) is 9.21. The van der Waals surface area contributed by atoms with Gasteiger partial charge in [-0.15, -0.1) is 0 Å². The molecule has 8 heteroatoms. The Labute approximate surface area is 172 Å². The number of halogens is 3. The highest BCUT2D eigenvalue weighted by Crippen LogP contribution is 2.29. The van der Waals surface area contributed by atoms with E-state index in [-0.39, 0.29) is 19.1 Å². The van der Waals surface area contributed by atoms with Gasteiger partial charge in [0.05, 0.1) is 16.8 Å². The number of hydrogen-bond donors (Lipinski definition) is 0. The van der Waals surface area contributed by atoms with E-state index in [4.69, 9.17) is 9.26 Å². The molecule has 0 unspecified atom stereocenters. The lowest BCUT2D eigenvalue weighted by Crippen LogP contribution is -2.26. The van der Waals surface area contributed by atoms with E-state index in [1.807, 2.05) is 6.92 Å². The van der Waals surface area contributed by atoms with Crippen LogP contribution in [0.1, 0.15) is 38.5 Å². The fraction of sp³-hybridized carbons (Fsp3) is 0.273. The molecule has 1 aromatic heterocycles. The molecule has 3 aromatic rings. The Balaban J connectivity index is 1.65. The molecule has 0 bridgehead atoms. The average molecular weight is 418 g/mol. The van der Waals surface area contributed by atoms with Crippen LogP contribution in [0.3, 0.4) is 0 Å². The van der Waals surface area contributed by atoms with Gasteiger partial charge in [0.25, 0.3) is 5.91 Å². The van der Waals surface area contributed by atoms with Gasteiger partial charge in [0, 0.05) is 19.2 Å². The van der Waals surface area contributed by atoms with Gasteiger partial charge in [0.15, 0.2) is 0 Å². The third-order valence-electron chi connectivity index (χ3n) is 4.69. The second-order valence-corrected chi connectivity index (χ2v) is 6.98. The van der Waals surface area contributed by atoms with Crippen molar-refractivity contribution in [1.29, 1.82) is 0 Å². The van der Waals surface area contributed by atoms with Crippen LogP contribution in [0.5, 0.6) is 5.75 Å². The zero-order valence-electron chi connectivity index (χ0n) is 16.8. The summed E-state index contributed by atoms with van der Waals surface area (Å²) in [5.74, 6) is 0.928. The number of amides is 1. The Morgan fingerprint density at radius 3 is 2.43 bits per heavy atom. The average Bonchev–Trinajstić information content (AvgIpc) is 3.03. The summed E-state index contributed by atoms with van der Waals surface area (Å²) in [4.78, 5) is 14.2. The molecule has 2 aromatic carbocycles. The molecule has 5 nitrogen and oxygen atoms in total. The van der Waals surface area contributed by atoms with Crippen LogP contribution < -0.4 is 4.74 Å². The summed E-state index contributed by atoms with van der Waals surface area (Å²) in [6.45, 7) is 4.07. The van der Waals surface area contributed by atoms with E-state index < -0.39 is 11.7 Å². The normalized spacial score (nSPS) is 11.4. The molecule has 0 atom stereocenters. The predicted octanol–water partition coefficient (Wildman–Crippen LogP) is 5.16. The first-order valence-electron chi connectivity index (χ1n) is 9.21. The molecule has 0 aliphatic rings. The monoisotopic (exact) mass is 418 g/mol. The van der Waals surface area contributed by atoms with Crippen molar-refractivity contribution in [3.05, 3.63) is 82.2 Å². The maximum Gasteiger partial charge on any atom is 0.416 e. The second kappa shape index (κ2) is 8.61. The smallest absolute Gasteiger partial charge is 0.416 e. The molecule has 30 heavy (non-hydrogen) atoms. The molecule has 0 radical (unpaired) electrons. The van der Waals surface area contributed by atoms with Gasteiger partial charge >= 0.3 is 6.18 Å².